The molecule has 0 spiro atoms. The lowest BCUT2D eigenvalue weighted by Crippen LogP contribution is -1.91. The lowest BCUT2D eigenvalue weighted by Gasteiger charge is -2.11. The quantitative estimate of drug-likeness (QED) is 0.568. The van der Waals surface area contributed by atoms with Gasteiger partial charge >= 0.3 is 0 Å². The Morgan fingerprint density at radius 2 is 1.71 bits per heavy atom. The topological polar surface area (TPSA) is 0 Å². The molecule has 0 nitrogen and oxygen atoms in total. The summed E-state index contributed by atoms with van der Waals surface area (Å²) in [6.45, 7) is 0. The van der Waals surface area contributed by atoms with Gasteiger partial charge in [0.25, 0.3) is 0 Å². The molecule has 0 atom stereocenters. The number of hydrogen-bond donors (Lipinski definition) is 0. The van der Waals surface area contributed by atoms with Gasteiger partial charge in [0, 0.05) is 0 Å². The summed E-state index contributed by atoms with van der Waals surface area (Å²) in [7, 11) is 0. The van der Waals surface area contributed by atoms with Crippen molar-refractivity contribution in [2.24, 2.45) is 0 Å². The second kappa shape index (κ2) is 3.43. The molecule has 0 bridgehead atoms. The Hall–Kier alpha value is -1.34. The second-order valence-corrected chi connectivity index (χ2v) is 3.47. The summed E-state index contributed by atoms with van der Waals surface area (Å²) in [5.41, 5.74) is 2.81. The summed E-state index contributed by atoms with van der Waals surface area (Å²) >= 11 is 0. The zero-order valence-electron chi connectivity index (χ0n) is 7.33. The van der Waals surface area contributed by atoms with Gasteiger partial charge in [0.05, 0.1) is 0 Å². The van der Waals surface area contributed by atoms with Crippen LogP contribution in [0, 0.1) is 0 Å². The normalized spacial score (nSPS) is 12.6. The van der Waals surface area contributed by atoms with Crippen LogP contribution in [0.4, 0.5) is 0 Å². The third-order valence-corrected chi connectivity index (χ3v) is 2.66. The first-order chi connectivity index (χ1) is 6.45. The molecule has 2 aromatic carbocycles. The van der Waals surface area contributed by atoms with E-state index in [2.05, 4.69) is 48.6 Å². The molecule has 0 saturated heterocycles. The molecule has 70 valence electrons. The van der Waals surface area contributed by atoms with Crippen molar-refractivity contribution in [2.75, 3.05) is 0 Å². The van der Waals surface area contributed by atoms with Gasteiger partial charge in [-0.3, -0.25) is 0 Å². The smallest absolute Gasteiger partial charge is 0.00763 e. The van der Waals surface area contributed by atoms with Crippen LogP contribution in [0.2, 0.25) is 0 Å². The van der Waals surface area contributed by atoms with E-state index in [0.717, 1.165) is 6.42 Å². The van der Waals surface area contributed by atoms with Crippen LogP contribution in [0.15, 0.2) is 42.5 Å². The molecule has 14 heavy (non-hydrogen) atoms. The van der Waals surface area contributed by atoms with Gasteiger partial charge in [0.15, 0.2) is 0 Å². The van der Waals surface area contributed by atoms with Gasteiger partial charge in [-0.25, -0.2) is 0 Å². The monoisotopic (exact) mass is 198 g/mol. The van der Waals surface area contributed by atoms with E-state index in [0.29, 0.717) is 0 Å². The average molecular weight is 198 g/mol. The fourth-order valence-electron chi connectivity index (χ4n) is 2.07. The Labute approximate surface area is 88.3 Å². The Kier molecular flexibility index (Phi) is 2.26. The zero-order valence-corrected chi connectivity index (χ0v) is 7.33. The summed E-state index contributed by atoms with van der Waals surface area (Å²) in [6, 6.07) is 13.0. The summed E-state index contributed by atoms with van der Waals surface area (Å²) in [4.78, 5) is 0. The molecule has 0 saturated carbocycles. The Balaban J connectivity index is 0.000000750. The largest absolute Gasteiger partial charge is 0.0795 e. The maximum absolute atomic E-state index is 2.23. The molecule has 0 N–H and O–H groups in total. The molecule has 3 rings (SSSR count). The van der Waals surface area contributed by atoms with Crippen LogP contribution in [0.5, 0.6) is 0 Å². The summed E-state index contributed by atoms with van der Waals surface area (Å²) in [5, 5.41) is 2.80. The lowest BCUT2D eigenvalue weighted by molar-refractivity contribution is 1.29. The third-order valence-electron chi connectivity index (χ3n) is 2.66. The summed E-state index contributed by atoms with van der Waals surface area (Å²) in [6.07, 6.45) is 5.53. The van der Waals surface area contributed by atoms with Crippen LogP contribution >= 0.6 is 0 Å². The van der Waals surface area contributed by atoms with Crippen molar-refractivity contribution < 1.29 is 0 Å². The Morgan fingerprint density at radius 1 is 0.929 bits per heavy atom. The minimum Gasteiger partial charge on any atom is -0.0795 e. The van der Waals surface area contributed by atoms with Gasteiger partial charge in [-0.15, -0.1) is 0 Å². The van der Waals surface area contributed by atoms with Crippen LogP contribution in [-0.2, 0) is 6.42 Å². The van der Waals surface area contributed by atoms with E-state index in [1.165, 1.54) is 21.9 Å². The number of hydrogen-bond acceptors (Lipinski definition) is 0. The van der Waals surface area contributed by atoms with Crippen molar-refractivity contribution in [2.45, 2.75) is 6.42 Å². The molecule has 0 unspecified atom stereocenters. The fraction of sp³-hybridized carbons (Fsp3) is 0.0769. The molecule has 1 heteroatoms. The highest BCUT2D eigenvalue weighted by Gasteiger charge is 2.06. The minimum absolute atomic E-state index is 0. The van der Waals surface area contributed by atoms with E-state index in [4.69, 9.17) is 0 Å². The standard InChI is InChI=1S/C13H10.H4Si/c1-4-10-6-2-8-12-9-3-7-11(5-1)13(10)12;/h1-8H,9H2;1H4. The Morgan fingerprint density at radius 3 is 2.57 bits per heavy atom. The molecular formula is C13H14Si. The van der Waals surface area contributed by atoms with Crippen molar-refractivity contribution in [3.63, 3.8) is 0 Å². The highest BCUT2D eigenvalue weighted by Crippen LogP contribution is 2.27. The van der Waals surface area contributed by atoms with E-state index in [1.807, 2.05) is 0 Å². The molecule has 0 amide bonds. The van der Waals surface area contributed by atoms with Crippen LogP contribution in [0.1, 0.15) is 11.1 Å². The molecule has 0 radical (unpaired) electrons. The Bertz CT molecular complexity index is 492. The van der Waals surface area contributed by atoms with Gasteiger partial charge in [-0.05, 0) is 39.3 Å². The second-order valence-electron chi connectivity index (χ2n) is 3.47. The van der Waals surface area contributed by atoms with E-state index < -0.39 is 0 Å². The first-order valence-corrected chi connectivity index (χ1v) is 4.62. The maximum atomic E-state index is 2.23. The first-order valence-electron chi connectivity index (χ1n) is 4.62. The fourth-order valence-corrected chi connectivity index (χ4v) is 2.07. The maximum Gasteiger partial charge on any atom is -0.00763 e. The SMILES string of the molecule is C1=Cc2cccc3cccc(c23)C1.[SiH4]. The van der Waals surface area contributed by atoms with E-state index in [1.54, 1.807) is 0 Å². The van der Waals surface area contributed by atoms with Gasteiger partial charge in [0.2, 0.25) is 0 Å². The zero-order chi connectivity index (χ0) is 8.67. The molecule has 0 fully saturated rings. The van der Waals surface area contributed by atoms with Gasteiger partial charge < -0.3 is 0 Å². The molecular weight excluding hydrogens is 184 g/mol. The highest BCUT2D eigenvalue weighted by molar-refractivity contribution is 5.94. The van der Waals surface area contributed by atoms with Crippen molar-refractivity contribution in [1.29, 1.82) is 0 Å². The predicted octanol–water partition coefficient (Wildman–Crippen LogP) is 1.96. The van der Waals surface area contributed by atoms with Crippen molar-refractivity contribution in [1.82, 2.24) is 0 Å². The molecule has 1 aliphatic carbocycles. The summed E-state index contributed by atoms with van der Waals surface area (Å²) in [5.74, 6) is 0. The highest BCUT2D eigenvalue weighted by atomic mass is 28.1. The van der Waals surface area contributed by atoms with Crippen molar-refractivity contribution in [3.05, 3.63) is 53.6 Å². The van der Waals surface area contributed by atoms with Crippen LogP contribution in [0.3, 0.4) is 0 Å². The average Bonchev–Trinajstić information content (AvgIpc) is 2.19. The van der Waals surface area contributed by atoms with Crippen molar-refractivity contribution in [3.8, 4) is 0 Å². The number of allylic oxidation sites excluding steroid dienone is 1. The van der Waals surface area contributed by atoms with E-state index in [-0.39, 0.29) is 11.0 Å². The predicted molar refractivity (Wildman–Crippen MR) is 68.0 cm³/mol. The van der Waals surface area contributed by atoms with Crippen molar-refractivity contribution >= 4 is 27.8 Å². The number of rotatable bonds is 0. The lowest BCUT2D eigenvalue weighted by atomic mass is 9.93. The number of benzene rings is 2. The van der Waals surface area contributed by atoms with E-state index in [9.17, 15) is 0 Å². The van der Waals surface area contributed by atoms with Crippen LogP contribution in [0.25, 0.3) is 16.8 Å². The van der Waals surface area contributed by atoms with Crippen LogP contribution < -0.4 is 0 Å². The van der Waals surface area contributed by atoms with E-state index >= 15 is 0 Å². The molecule has 0 heterocycles. The first kappa shape index (κ1) is 9.22. The van der Waals surface area contributed by atoms with Gasteiger partial charge in [0.1, 0.15) is 0 Å². The third kappa shape index (κ3) is 1.21. The molecule has 2 aromatic rings. The van der Waals surface area contributed by atoms with Gasteiger partial charge in [-0.1, -0.05) is 48.6 Å². The summed E-state index contributed by atoms with van der Waals surface area (Å²) < 4.78 is 0. The van der Waals surface area contributed by atoms with Crippen LogP contribution in [-0.4, -0.2) is 11.0 Å². The van der Waals surface area contributed by atoms with Gasteiger partial charge in [-0.2, -0.15) is 0 Å². The molecule has 0 aliphatic heterocycles. The molecule has 0 aromatic heterocycles. The minimum atomic E-state index is 0. The molecule has 1 aliphatic rings.